The van der Waals surface area contributed by atoms with E-state index in [1.165, 1.54) is 23.9 Å². The summed E-state index contributed by atoms with van der Waals surface area (Å²) in [6.45, 7) is 1.92. The van der Waals surface area contributed by atoms with Crippen molar-refractivity contribution in [2.45, 2.75) is 11.8 Å². The Bertz CT molecular complexity index is 737. The highest BCUT2D eigenvalue weighted by atomic mass is 35.5. The van der Waals surface area contributed by atoms with Crippen molar-refractivity contribution in [3.05, 3.63) is 63.2 Å². The number of hydrogen-bond acceptors (Lipinski definition) is 5. The largest absolute Gasteiger partial charge is 0.448 e. The van der Waals surface area contributed by atoms with Gasteiger partial charge in [-0.25, -0.2) is 4.79 Å². The molecule has 0 aliphatic carbocycles. The van der Waals surface area contributed by atoms with Crippen molar-refractivity contribution in [2.24, 2.45) is 0 Å². The lowest BCUT2D eigenvalue weighted by molar-refractivity contribution is -0.384. The van der Waals surface area contributed by atoms with Crippen LogP contribution in [0, 0.1) is 17.0 Å². The quantitative estimate of drug-likeness (QED) is 0.340. The van der Waals surface area contributed by atoms with Crippen LogP contribution in [0.15, 0.2) is 47.4 Å². The number of nitro benzene ring substituents is 1. The Hall–Kier alpha value is -2.25. The van der Waals surface area contributed by atoms with Gasteiger partial charge in [0.05, 0.1) is 4.92 Å². The van der Waals surface area contributed by atoms with Gasteiger partial charge >= 0.3 is 6.09 Å². The van der Waals surface area contributed by atoms with E-state index in [1.807, 2.05) is 12.1 Å². The van der Waals surface area contributed by atoms with Crippen LogP contribution in [0.2, 0.25) is 5.02 Å². The van der Waals surface area contributed by atoms with Gasteiger partial charge in [-0.15, -0.1) is 11.8 Å². The van der Waals surface area contributed by atoms with E-state index in [4.69, 9.17) is 16.3 Å². The number of ether oxygens (including phenoxy) is 1. The molecule has 0 saturated carbocycles. The predicted octanol–water partition coefficient (Wildman–Crippen LogP) is 4.90. The third kappa shape index (κ3) is 5.43. The highest BCUT2D eigenvalue weighted by Gasteiger charge is 2.16. The highest BCUT2D eigenvalue weighted by Crippen LogP contribution is 2.25. The van der Waals surface area contributed by atoms with E-state index in [1.54, 1.807) is 25.1 Å². The molecule has 8 heteroatoms. The van der Waals surface area contributed by atoms with Crippen molar-refractivity contribution in [1.82, 2.24) is 0 Å². The molecular weight excluding hydrogens is 352 g/mol. The molecule has 0 heterocycles. The maximum Gasteiger partial charge on any atom is 0.411 e. The second-order valence-electron chi connectivity index (χ2n) is 4.84. The molecule has 2 aromatic carbocycles. The molecule has 0 spiro atoms. The molecule has 6 nitrogen and oxygen atoms in total. The van der Waals surface area contributed by atoms with E-state index < -0.39 is 11.0 Å². The van der Waals surface area contributed by atoms with E-state index >= 15 is 0 Å². The van der Waals surface area contributed by atoms with E-state index in [0.29, 0.717) is 10.8 Å². The van der Waals surface area contributed by atoms with Crippen molar-refractivity contribution in [2.75, 3.05) is 17.7 Å². The van der Waals surface area contributed by atoms with Gasteiger partial charge in [0.1, 0.15) is 12.3 Å². The Morgan fingerprint density at radius 1 is 1.29 bits per heavy atom. The standard InChI is InChI=1S/C16H15ClN2O4S/c1-11-2-7-14(15(10-11)19(21)22)18-16(20)23-8-9-24-13-5-3-12(17)4-6-13/h2-7,10H,8-9H2,1H3,(H,18,20). The number of rotatable bonds is 6. The Labute approximate surface area is 148 Å². The predicted molar refractivity (Wildman–Crippen MR) is 95.0 cm³/mol. The van der Waals surface area contributed by atoms with Gasteiger partial charge in [0.25, 0.3) is 5.69 Å². The first-order valence-corrected chi connectivity index (χ1v) is 8.39. The Morgan fingerprint density at radius 3 is 2.67 bits per heavy atom. The molecule has 1 N–H and O–H groups in total. The number of carbonyl (C=O) groups is 1. The molecule has 1 amide bonds. The second-order valence-corrected chi connectivity index (χ2v) is 6.45. The maximum atomic E-state index is 11.7. The van der Waals surface area contributed by atoms with Crippen molar-refractivity contribution in [1.29, 1.82) is 0 Å². The van der Waals surface area contributed by atoms with E-state index in [-0.39, 0.29) is 18.0 Å². The average Bonchev–Trinajstić information content (AvgIpc) is 2.55. The molecule has 0 unspecified atom stereocenters. The third-order valence-corrected chi connectivity index (χ3v) is 4.21. The number of hydrogen-bond donors (Lipinski definition) is 1. The molecular formula is C16H15ClN2O4S. The minimum Gasteiger partial charge on any atom is -0.448 e. The van der Waals surface area contributed by atoms with Crippen molar-refractivity contribution < 1.29 is 14.5 Å². The van der Waals surface area contributed by atoms with Gasteiger partial charge < -0.3 is 4.74 Å². The Balaban J connectivity index is 1.81. The number of amides is 1. The Morgan fingerprint density at radius 2 is 2.00 bits per heavy atom. The first-order valence-electron chi connectivity index (χ1n) is 7.03. The second kappa shape index (κ2) is 8.56. The van der Waals surface area contributed by atoms with Crippen molar-refractivity contribution in [3.63, 3.8) is 0 Å². The van der Waals surface area contributed by atoms with Crippen molar-refractivity contribution in [3.8, 4) is 0 Å². The van der Waals surface area contributed by atoms with E-state index in [9.17, 15) is 14.9 Å². The molecule has 0 atom stereocenters. The number of nitrogens with one attached hydrogen (secondary N) is 1. The molecule has 0 bridgehead atoms. The van der Waals surface area contributed by atoms with Crippen LogP contribution in [-0.2, 0) is 4.74 Å². The van der Waals surface area contributed by atoms with Crippen LogP contribution in [-0.4, -0.2) is 23.4 Å². The Kier molecular flexibility index (Phi) is 6.45. The zero-order valence-corrected chi connectivity index (χ0v) is 14.4. The highest BCUT2D eigenvalue weighted by molar-refractivity contribution is 7.99. The number of aryl methyl sites for hydroxylation is 1. The molecule has 0 saturated heterocycles. The van der Waals surface area contributed by atoms with Crippen molar-refractivity contribution >= 4 is 40.8 Å². The third-order valence-electron chi connectivity index (χ3n) is 2.99. The first-order chi connectivity index (χ1) is 11.5. The van der Waals surface area contributed by atoms with Gasteiger partial charge in [0, 0.05) is 21.7 Å². The zero-order valence-electron chi connectivity index (χ0n) is 12.8. The summed E-state index contributed by atoms with van der Waals surface area (Å²) in [5, 5.41) is 14.1. The van der Waals surface area contributed by atoms with Gasteiger partial charge in [-0.3, -0.25) is 15.4 Å². The maximum absolute atomic E-state index is 11.7. The van der Waals surface area contributed by atoms with Crippen LogP contribution in [0.1, 0.15) is 5.56 Å². The fraction of sp³-hybridized carbons (Fsp3) is 0.188. The molecule has 0 radical (unpaired) electrons. The molecule has 2 rings (SSSR count). The summed E-state index contributed by atoms with van der Waals surface area (Å²) in [5.74, 6) is 0.561. The molecule has 0 fully saturated rings. The molecule has 0 aliphatic heterocycles. The van der Waals surface area contributed by atoms with Gasteiger partial charge in [-0.2, -0.15) is 0 Å². The lowest BCUT2D eigenvalue weighted by Crippen LogP contribution is -2.16. The number of benzene rings is 2. The van der Waals surface area contributed by atoms with Gasteiger partial charge in [-0.1, -0.05) is 17.7 Å². The molecule has 126 valence electrons. The van der Waals surface area contributed by atoms with Gasteiger partial charge in [0.15, 0.2) is 0 Å². The molecule has 0 aliphatic rings. The zero-order chi connectivity index (χ0) is 17.5. The number of anilines is 1. The summed E-state index contributed by atoms with van der Waals surface area (Å²) in [6.07, 6.45) is -0.723. The summed E-state index contributed by atoms with van der Waals surface area (Å²) in [7, 11) is 0. The average molecular weight is 367 g/mol. The summed E-state index contributed by atoms with van der Waals surface area (Å²) in [6, 6.07) is 11.9. The summed E-state index contributed by atoms with van der Waals surface area (Å²) >= 11 is 7.32. The van der Waals surface area contributed by atoms with E-state index in [0.717, 1.165) is 10.5 Å². The van der Waals surface area contributed by atoms with Crippen LogP contribution >= 0.6 is 23.4 Å². The van der Waals surface area contributed by atoms with Crippen LogP contribution in [0.3, 0.4) is 0 Å². The number of nitro groups is 1. The lowest BCUT2D eigenvalue weighted by Gasteiger charge is -2.08. The minimum atomic E-state index is -0.723. The first kappa shape index (κ1) is 18.1. The van der Waals surface area contributed by atoms with Crippen LogP contribution in [0.25, 0.3) is 0 Å². The minimum absolute atomic E-state index is 0.112. The van der Waals surface area contributed by atoms with Gasteiger partial charge in [0.2, 0.25) is 0 Å². The normalized spacial score (nSPS) is 10.2. The lowest BCUT2D eigenvalue weighted by atomic mass is 10.2. The molecule has 0 aromatic heterocycles. The van der Waals surface area contributed by atoms with Crippen LogP contribution in [0.4, 0.5) is 16.2 Å². The van der Waals surface area contributed by atoms with Crippen LogP contribution < -0.4 is 5.32 Å². The summed E-state index contributed by atoms with van der Waals surface area (Å²) in [5.41, 5.74) is 0.684. The SMILES string of the molecule is Cc1ccc(NC(=O)OCCSc2ccc(Cl)cc2)c([N+](=O)[O-])c1. The number of thioether (sulfide) groups is 1. The fourth-order valence-corrected chi connectivity index (χ4v) is 2.73. The number of carbonyl (C=O) groups excluding carboxylic acids is 1. The van der Waals surface area contributed by atoms with Gasteiger partial charge in [-0.05, 0) is 42.8 Å². The van der Waals surface area contributed by atoms with Crippen LogP contribution in [0.5, 0.6) is 0 Å². The summed E-state index contributed by atoms with van der Waals surface area (Å²) in [4.78, 5) is 23.2. The monoisotopic (exact) mass is 366 g/mol. The summed E-state index contributed by atoms with van der Waals surface area (Å²) < 4.78 is 5.04. The smallest absolute Gasteiger partial charge is 0.411 e. The number of nitrogens with zero attached hydrogens (tertiary/aromatic N) is 1. The molecule has 2 aromatic rings. The topological polar surface area (TPSA) is 81.5 Å². The molecule has 24 heavy (non-hydrogen) atoms. The number of halogens is 1. The fourth-order valence-electron chi connectivity index (χ4n) is 1.87. The van der Waals surface area contributed by atoms with E-state index in [2.05, 4.69) is 5.32 Å².